The summed E-state index contributed by atoms with van der Waals surface area (Å²) in [5.41, 5.74) is 6.68. The van der Waals surface area contributed by atoms with Crippen LogP contribution in [0.4, 0.5) is 0 Å². The molecular weight excluding hydrogens is 290 g/mol. The molecule has 5 aliphatic rings. The van der Waals surface area contributed by atoms with Crippen molar-refractivity contribution in [2.24, 2.45) is 17.8 Å². The molecule has 124 valence electrons. The first-order valence-corrected chi connectivity index (χ1v) is 10.2. The Kier molecular flexibility index (Phi) is 2.79. The highest BCUT2D eigenvalue weighted by Gasteiger charge is 2.52. The van der Waals surface area contributed by atoms with Gasteiger partial charge in [0.25, 0.3) is 0 Å². The maximum absolute atomic E-state index is 5.10. The summed E-state index contributed by atoms with van der Waals surface area (Å²) in [6.07, 6.45) is 14.2. The lowest BCUT2D eigenvalue weighted by Gasteiger charge is -2.58. The highest BCUT2D eigenvalue weighted by molar-refractivity contribution is 5.85. The molecule has 1 aromatic heterocycles. The molecule has 0 saturated heterocycles. The molecule has 1 nitrogen and oxygen atoms in total. The van der Waals surface area contributed by atoms with Gasteiger partial charge >= 0.3 is 0 Å². The van der Waals surface area contributed by atoms with Crippen molar-refractivity contribution in [1.29, 1.82) is 0 Å². The molecule has 4 saturated carbocycles. The van der Waals surface area contributed by atoms with E-state index in [1.807, 2.05) is 0 Å². The summed E-state index contributed by atoms with van der Waals surface area (Å²) in [6, 6.07) is 9.05. The zero-order chi connectivity index (χ0) is 15.7. The smallest absolute Gasteiger partial charge is 0.0708 e. The summed E-state index contributed by atoms with van der Waals surface area (Å²) in [7, 11) is 0. The first-order valence-electron chi connectivity index (χ1n) is 10.2. The molecule has 5 aliphatic carbocycles. The Hall–Kier alpha value is -1.37. The van der Waals surface area contributed by atoms with Crippen molar-refractivity contribution >= 4 is 10.9 Å². The van der Waals surface area contributed by atoms with Crippen molar-refractivity contribution in [3.05, 3.63) is 41.1 Å². The average molecular weight is 317 g/mol. The largest absolute Gasteiger partial charge is 0.253 e. The van der Waals surface area contributed by atoms with Crippen molar-refractivity contribution in [1.82, 2.24) is 4.98 Å². The van der Waals surface area contributed by atoms with Crippen LogP contribution in [-0.2, 0) is 18.3 Å². The lowest BCUT2D eigenvalue weighted by atomic mass is 9.47. The molecule has 24 heavy (non-hydrogen) atoms. The highest BCUT2D eigenvalue weighted by atomic mass is 14.7. The fourth-order valence-electron chi connectivity index (χ4n) is 7.40. The van der Waals surface area contributed by atoms with Crippen molar-refractivity contribution in [2.75, 3.05) is 0 Å². The van der Waals surface area contributed by atoms with E-state index in [4.69, 9.17) is 4.98 Å². The molecule has 0 atom stereocenters. The fourth-order valence-corrected chi connectivity index (χ4v) is 7.40. The minimum absolute atomic E-state index is 0.499. The maximum atomic E-state index is 5.10. The third kappa shape index (κ3) is 1.85. The first kappa shape index (κ1) is 13.9. The highest BCUT2D eigenvalue weighted by Crippen LogP contribution is 2.62. The van der Waals surface area contributed by atoms with Crippen molar-refractivity contribution in [3.63, 3.8) is 0 Å². The summed E-state index contributed by atoms with van der Waals surface area (Å²) in [5.74, 6) is 3.05. The van der Waals surface area contributed by atoms with E-state index in [1.54, 1.807) is 11.1 Å². The van der Waals surface area contributed by atoms with E-state index < -0.39 is 0 Å². The molecule has 0 spiro atoms. The van der Waals surface area contributed by atoms with Crippen LogP contribution in [0.25, 0.3) is 10.9 Å². The fraction of sp³-hybridized carbons (Fsp3) is 0.609. The van der Waals surface area contributed by atoms with Crippen molar-refractivity contribution in [3.8, 4) is 0 Å². The zero-order valence-electron chi connectivity index (χ0n) is 14.6. The molecule has 0 aliphatic heterocycles. The van der Waals surface area contributed by atoms with Gasteiger partial charge in [0.2, 0.25) is 0 Å². The molecule has 0 amide bonds. The second-order valence-electron chi connectivity index (χ2n) is 9.33. The molecule has 0 radical (unpaired) electrons. The monoisotopic (exact) mass is 317 g/mol. The van der Waals surface area contributed by atoms with Crippen LogP contribution in [0.2, 0.25) is 0 Å². The van der Waals surface area contributed by atoms with Gasteiger partial charge in [-0.2, -0.15) is 0 Å². The summed E-state index contributed by atoms with van der Waals surface area (Å²) in [6.45, 7) is 0. The second-order valence-corrected chi connectivity index (χ2v) is 9.33. The van der Waals surface area contributed by atoms with Crippen LogP contribution in [0.15, 0.2) is 24.3 Å². The number of aryl methyl sites for hydroxylation is 1. The van der Waals surface area contributed by atoms with Gasteiger partial charge in [0.15, 0.2) is 0 Å². The quantitative estimate of drug-likeness (QED) is 0.669. The van der Waals surface area contributed by atoms with Gasteiger partial charge in [-0.1, -0.05) is 18.2 Å². The van der Waals surface area contributed by atoms with E-state index in [0.717, 1.165) is 17.8 Å². The Balaban J connectivity index is 1.64. The Bertz CT molecular complexity index is 783. The van der Waals surface area contributed by atoms with E-state index in [0.29, 0.717) is 5.41 Å². The van der Waals surface area contributed by atoms with E-state index in [-0.39, 0.29) is 0 Å². The van der Waals surface area contributed by atoms with Gasteiger partial charge in [-0.05, 0) is 105 Å². The van der Waals surface area contributed by atoms with E-state index in [2.05, 4.69) is 24.3 Å². The van der Waals surface area contributed by atoms with E-state index in [9.17, 15) is 0 Å². The average Bonchev–Trinajstić information content (AvgIpc) is 2.58. The Labute approximate surface area is 144 Å². The lowest BCUT2D eigenvalue weighted by Crippen LogP contribution is -2.49. The van der Waals surface area contributed by atoms with Gasteiger partial charge in [0.05, 0.1) is 5.52 Å². The number of benzene rings is 1. The van der Waals surface area contributed by atoms with Gasteiger partial charge in [-0.3, -0.25) is 4.98 Å². The van der Waals surface area contributed by atoms with Crippen molar-refractivity contribution in [2.45, 2.75) is 69.6 Å². The Morgan fingerprint density at radius 2 is 1.50 bits per heavy atom. The molecule has 4 fully saturated rings. The predicted molar refractivity (Wildman–Crippen MR) is 98.2 cm³/mol. The third-order valence-electron chi connectivity index (χ3n) is 7.74. The number of fused-ring (bicyclic) bond motifs is 2. The molecule has 0 unspecified atom stereocenters. The summed E-state index contributed by atoms with van der Waals surface area (Å²) >= 11 is 0. The number of aromatic nitrogens is 1. The van der Waals surface area contributed by atoms with Gasteiger partial charge in [-0.25, -0.2) is 0 Å². The molecule has 0 N–H and O–H groups in total. The number of rotatable bonds is 1. The molecule has 1 heterocycles. The minimum Gasteiger partial charge on any atom is -0.253 e. The van der Waals surface area contributed by atoms with Crippen molar-refractivity contribution < 1.29 is 0 Å². The van der Waals surface area contributed by atoms with E-state index in [1.165, 1.54) is 80.8 Å². The minimum atomic E-state index is 0.499. The molecule has 7 rings (SSSR count). The molecule has 4 bridgehead atoms. The number of nitrogens with zero attached hydrogens (tertiary/aromatic N) is 1. The first-order chi connectivity index (χ1) is 11.8. The SMILES string of the molecule is c1ccc2c(C34CC5CC(CC(C5)C3)C4)c3c(nc2c1)CCCC3. The molecule has 2 aromatic rings. The summed E-state index contributed by atoms with van der Waals surface area (Å²) in [4.78, 5) is 5.10. The zero-order valence-corrected chi connectivity index (χ0v) is 14.6. The number of para-hydroxylation sites is 1. The Morgan fingerprint density at radius 3 is 2.25 bits per heavy atom. The van der Waals surface area contributed by atoms with Gasteiger partial charge in [0, 0.05) is 11.1 Å². The molecule has 1 aromatic carbocycles. The van der Waals surface area contributed by atoms with E-state index >= 15 is 0 Å². The summed E-state index contributed by atoms with van der Waals surface area (Å²) in [5, 5.41) is 1.50. The van der Waals surface area contributed by atoms with Gasteiger partial charge < -0.3 is 0 Å². The molecule has 1 heteroatoms. The predicted octanol–water partition coefficient (Wildman–Crippen LogP) is 5.58. The number of hydrogen-bond acceptors (Lipinski definition) is 1. The topological polar surface area (TPSA) is 12.9 Å². The van der Waals surface area contributed by atoms with Gasteiger partial charge in [-0.15, -0.1) is 0 Å². The normalized spacial score (nSPS) is 36.9. The third-order valence-corrected chi connectivity index (χ3v) is 7.74. The van der Waals surface area contributed by atoms with Crippen LogP contribution in [0.3, 0.4) is 0 Å². The van der Waals surface area contributed by atoms with Crippen LogP contribution in [0.5, 0.6) is 0 Å². The summed E-state index contributed by atoms with van der Waals surface area (Å²) < 4.78 is 0. The van der Waals surface area contributed by atoms with Crippen LogP contribution in [0, 0.1) is 17.8 Å². The number of hydrogen-bond donors (Lipinski definition) is 0. The van der Waals surface area contributed by atoms with Crippen LogP contribution < -0.4 is 0 Å². The Morgan fingerprint density at radius 1 is 0.833 bits per heavy atom. The van der Waals surface area contributed by atoms with Crippen LogP contribution >= 0.6 is 0 Å². The second kappa shape index (κ2) is 4.84. The lowest BCUT2D eigenvalue weighted by molar-refractivity contribution is -0.00499. The van der Waals surface area contributed by atoms with Crippen LogP contribution in [-0.4, -0.2) is 4.98 Å². The van der Waals surface area contributed by atoms with Crippen LogP contribution in [0.1, 0.15) is 68.2 Å². The van der Waals surface area contributed by atoms with Gasteiger partial charge in [0.1, 0.15) is 0 Å². The molecular formula is C23H27N. The maximum Gasteiger partial charge on any atom is 0.0708 e. The number of pyridine rings is 1. The standard InChI is InChI=1S/C23H27N/c1-3-7-20-18(5-1)22(19-6-2-4-8-21(19)24-20)23-12-15-9-16(13-23)11-17(10-15)14-23/h1,3,5,7,15-17H,2,4,6,8-14H2.